The molecule has 3 aromatic heterocycles. The number of carboxylic acids is 1. The highest BCUT2D eigenvalue weighted by molar-refractivity contribution is 7.22. The van der Waals surface area contributed by atoms with E-state index in [4.69, 9.17) is 9.84 Å². The first-order valence-electron chi connectivity index (χ1n) is 12.0. The van der Waals surface area contributed by atoms with E-state index in [0.29, 0.717) is 27.2 Å². The van der Waals surface area contributed by atoms with Gasteiger partial charge >= 0.3 is 5.97 Å². The van der Waals surface area contributed by atoms with Gasteiger partial charge in [0, 0.05) is 31.3 Å². The summed E-state index contributed by atoms with van der Waals surface area (Å²) in [6.07, 6.45) is 4.55. The van der Waals surface area contributed by atoms with E-state index in [1.807, 2.05) is 36.4 Å². The summed E-state index contributed by atoms with van der Waals surface area (Å²) in [5, 5.41) is 8.97. The van der Waals surface area contributed by atoms with E-state index in [-0.39, 0.29) is 43.1 Å². The molecule has 10 heteroatoms. The molecule has 2 aromatic carbocycles. The van der Waals surface area contributed by atoms with E-state index in [1.54, 1.807) is 24.5 Å². The van der Waals surface area contributed by atoms with Crippen LogP contribution < -0.4 is 4.74 Å². The van der Waals surface area contributed by atoms with Gasteiger partial charge in [0.15, 0.2) is 11.6 Å². The summed E-state index contributed by atoms with van der Waals surface area (Å²) in [4.78, 5) is 45.0. The van der Waals surface area contributed by atoms with Crippen molar-refractivity contribution in [1.82, 2.24) is 14.5 Å². The molecule has 0 bridgehead atoms. The van der Waals surface area contributed by atoms with Crippen molar-refractivity contribution in [2.75, 3.05) is 0 Å². The highest BCUT2D eigenvalue weighted by atomic mass is 32.1. The van der Waals surface area contributed by atoms with Crippen LogP contribution in [0.1, 0.15) is 17.5 Å². The lowest BCUT2D eigenvalue weighted by Gasteiger charge is -2.09. The summed E-state index contributed by atoms with van der Waals surface area (Å²) >= 11 is 1.34. The second kappa shape index (κ2) is 11.4. The number of carbonyl (C=O) groups excluding carboxylic acids is 2. The molecule has 0 saturated carbocycles. The molecule has 5 aromatic rings. The Morgan fingerprint density at radius 1 is 0.923 bits per heavy atom. The van der Waals surface area contributed by atoms with Crippen LogP contribution in [0.3, 0.4) is 0 Å². The number of aromatic nitrogens is 3. The molecule has 8 nitrogen and oxygen atoms in total. The van der Waals surface area contributed by atoms with Crippen LogP contribution in [-0.4, -0.2) is 37.2 Å². The van der Waals surface area contributed by atoms with Crippen LogP contribution in [0.25, 0.3) is 20.8 Å². The van der Waals surface area contributed by atoms with Gasteiger partial charge in [0.05, 0.1) is 33.5 Å². The van der Waals surface area contributed by atoms with Crippen molar-refractivity contribution in [2.24, 2.45) is 0 Å². The number of aliphatic carboxylic acids is 1. The summed E-state index contributed by atoms with van der Waals surface area (Å²) in [7, 11) is 0. The average Bonchev–Trinajstić information content (AvgIpc) is 3.53. The Morgan fingerprint density at radius 3 is 2.44 bits per heavy atom. The monoisotopic (exact) mass is 543 g/mol. The van der Waals surface area contributed by atoms with E-state index >= 15 is 0 Å². The molecule has 0 aliphatic carbocycles. The molecule has 0 spiro atoms. The van der Waals surface area contributed by atoms with Crippen molar-refractivity contribution in [3.63, 3.8) is 0 Å². The predicted molar refractivity (Wildman–Crippen MR) is 143 cm³/mol. The number of halogens is 1. The van der Waals surface area contributed by atoms with E-state index in [1.165, 1.54) is 34.4 Å². The Kier molecular flexibility index (Phi) is 7.55. The normalized spacial score (nSPS) is 11.0. The van der Waals surface area contributed by atoms with Gasteiger partial charge in [-0.3, -0.25) is 19.4 Å². The van der Waals surface area contributed by atoms with E-state index in [0.717, 1.165) is 10.4 Å². The molecule has 0 radical (unpaired) electrons. The Hall–Kier alpha value is -4.70. The highest BCUT2D eigenvalue weighted by Gasteiger charge is 2.16. The Bertz CT molecular complexity index is 1680. The van der Waals surface area contributed by atoms with Crippen molar-refractivity contribution in [1.29, 1.82) is 0 Å². The first kappa shape index (κ1) is 25.9. The maximum Gasteiger partial charge on any atom is 0.323 e. The third-order valence-corrected chi connectivity index (χ3v) is 7.00. The van der Waals surface area contributed by atoms with Crippen LogP contribution in [0.15, 0.2) is 79.4 Å². The fourth-order valence-electron chi connectivity index (χ4n) is 4.10. The third-order valence-electron chi connectivity index (χ3n) is 5.84. The summed E-state index contributed by atoms with van der Waals surface area (Å²) in [6, 6.07) is 16.9. The topological polar surface area (TPSA) is 111 Å². The lowest BCUT2D eigenvalue weighted by atomic mass is 10.0. The molecule has 196 valence electrons. The Balaban J connectivity index is 1.26. The standard InChI is InChI=1S/C29H22FN3O5S/c30-22-12-19(11-21(35)13-20(34)10-18-4-2-1-3-5-18)6-7-25(22)38-26-8-9-31-23-14-27(39-29(23)26)24-15-33(17-32-24)16-28(36)37/h1-9,12,14-15,17H,10-11,13,16H2,(H,36,37). The fourth-order valence-corrected chi connectivity index (χ4v) is 5.13. The Morgan fingerprint density at radius 2 is 1.69 bits per heavy atom. The largest absolute Gasteiger partial charge is 0.480 e. The minimum Gasteiger partial charge on any atom is -0.480 e. The number of carbonyl (C=O) groups is 3. The molecule has 39 heavy (non-hydrogen) atoms. The minimum absolute atomic E-state index is 0.0143. The van der Waals surface area contributed by atoms with Gasteiger partial charge in [-0.2, -0.15) is 0 Å². The van der Waals surface area contributed by atoms with Gasteiger partial charge in [0.1, 0.15) is 23.9 Å². The molecule has 0 atom stereocenters. The average molecular weight is 544 g/mol. The summed E-state index contributed by atoms with van der Waals surface area (Å²) < 4.78 is 23.0. The van der Waals surface area contributed by atoms with Gasteiger partial charge in [0.2, 0.25) is 0 Å². The van der Waals surface area contributed by atoms with Crippen LogP contribution in [-0.2, 0) is 33.8 Å². The number of benzene rings is 2. The number of carboxylic acid groups (broad SMARTS) is 1. The first-order valence-corrected chi connectivity index (χ1v) is 12.8. The SMILES string of the molecule is O=C(O)Cn1cnc(-c2cc3nccc(Oc4ccc(CC(=O)CC(=O)Cc5ccccc5)cc4F)c3s2)c1. The number of ether oxygens (including phenoxy) is 1. The van der Waals surface area contributed by atoms with Gasteiger partial charge in [-0.15, -0.1) is 11.3 Å². The van der Waals surface area contributed by atoms with Crippen LogP contribution in [0.2, 0.25) is 0 Å². The van der Waals surface area contributed by atoms with E-state index < -0.39 is 11.8 Å². The van der Waals surface area contributed by atoms with Crippen molar-refractivity contribution >= 4 is 39.1 Å². The molecular weight excluding hydrogens is 521 g/mol. The van der Waals surface area contributed by atoms with Crippen molar-refractivity contribution < 1.29 is 28.6 Å². The number of thiophene rings is 1. The molecule has 0 saturated heterocycles. The number of hydrogen-bond acceptors (Lipinski definition) is 7. The predicted octanol–water partition coefficient (Wildman–Crippen LogP) is 5.49. The number of hydrogen-bond donors (Lipinski definition) is 1. The van der Waals surface area contributed by atoms with Crippen molar-refractivity contribution in [2.45, 2.75) is 25.8 Å². The van der Waals surface area contributed by atoms with Crippen molar-refractivity contribution in [3.05, 3.63) is 96.3 Å². The Labute approximate surface area is 226 Å². The van der Waals surface area contributed by atoms with Gasteiger partial charge in [-0.25, -0.2) is 9.37 Å². The zero-order valence-electron chi connectivity index (χ0n) is 20.5. The zero-order valence-corrected chi connectivity index (χ0v) is 21.4. The number of rotatable bonds is 11. The minimum atomic E-state index is -0.971. The highest BCUT2D eigenvalue weighted by Crippen LogP contribution is 2.39. The molecule has 1 N–H and O–H groups in total. The molecule has 0 amide bonds. The number of Topliss-reactive ketones (excluding diaryl/α,β-unsaturated/α-hetero) is 2. The number of pyridine rings is 1. The van der Waals surface area contributed by atoms with Gasteiger partial charge in [-0.05, 0) is 29.3 Å². The summed E-state index contributed by atoms with van der Waals surface area (Å²) in [5.74, 6) is -1.68. The number of fused-ring (bicyclic) bond motifs is 1. The van der Waals surface area contributed by atoms with Gasteiger partial charge in [-0.1, -0.05) is 36.4 Å². The maximum atomic E-state index is 14.9. The van der Waals surface area contributed by atoms with Crippen LogP contribution in [0.5, 0.6) is 11.5 Å². The third kappa shape index (κ3) is 6.42. The fraction of sp³-hybridized carbons (Fsp3) is 0.138. The van der Waals surface area contributed by atoms with Crippen LogP contribution in [0.4, 0.5) is 4.39 Å². The van der Waals surface area contributed by atoms with Gasteiger partial charge in [0.25, 0.3) is 0 Å². The second-order valence-corrected chi connectivity index (χ2v) is 9.97. The van der Waals surface area contributed by atoms with E-state index in [9.17, 15) is 18.8 Å². The molecule has 3 heterocycles. The molecule has 0 unspecified atom stereocenters. The van der Waals surface area contributed by atoms with Crippen LogP contribution >= 0.6 is 11.3 Å². The summed E-state index contributed by atoms with van der Waals surface area (Å²) in [5.41, 5.74) is 2.52. The summed E-state index contributed by atoms with van der Waals surface area (Å²) in [6.45, 7) is -0.199. The smallest absolute Gasteiger partial charge is 0.323 e. The number of imidazole rings is 1. The zero-order chi connectivity index (χ0) is 27.4. The lowest BCUT2D eigenvalue weighted by molar-refractivity contribution is -0.137. The molecular formula is C29H22FN3O5S. The number of ketones is 2. The molecule has 0 aliphatic rings. The number of nitrogens with zero attached hydrogens (tertiary/aromatic N) is 3. The molecule has 0 fully saturated rings. The van der Waals surface area contributed by atoms with E-state index in [2.05, 4.69) is 9.97 Å². The van der Waals surface area contributed by atoms with Crippen molar-refractivity contribution in [3.8, 4) is 22.1 Å². The molecule has 0 aliphatic heterocycles. The van der Waals surface area contributed by atoms with Crippen LogP contribution in [0, 0.1) is 5.82 Å². The lowest BCUT2D eigenvalue weighted by Crippen LogP contribution is -2.12. The molecule has 5 rings (SSSR count). The second-order valence-electron chi connectivity index (χ2n) is 8.92. The van der Waals surface area contributed by atoms with Gasteiger partial charge < -0.3 is 14.4 Å². The quantitative estimate of drug-likeness (QED) is 0.219. The maximum absolute atomic E-state index is 14.9. The first-order chi connectivity index (χ1) is 18.8.